The van der Waals surface area contributed by atoms with Gasteiger partial charge >= 0.3 is 12.1 Å². The molecule has 1 aromatic rings. The third kappa shape index (κ3) is 11.9. The number of amides is 1. The van der Waals surface area contributed by atoms with Crippen LogP contribution < -0.4 is 10.6 Å². The summed E-state index contributed by atoms with van der Waals surface area (Å²) >= 11 is 1.50. The molecule has 7 heteroatoms. The zero-order chi connectivity index (χ0) is 26.1. The summed E-state index contributed by atoms with van der Waals surface area (Å²) in [6, 6.07) is 2.22. The second-order valence-corrected chi connectivity index (χ2v) is 9.72. The molecule has 1 heterocycles. The van der Waals surface area contributed by atoms with E-state index in [4.69, 9.17) is 9.47 Å². The van der Waals surface area contributed by atoms with Gasteiger partial charge in [0.25, 0.3) is 0 Å². The lowest BCUT2D eigenvalue weighted by Gasteiger charge is -2.22. The Hall–Kier alpha value is -2.02. The SMILES string of the molecule is CC.CC.CCCC(CCNC(=O)OC(C)(C)C)Nc1cc(C2=CCCCC2)sc1C(=O)OC. The summed E-state index contributed by atoms with van der Waals surface area (Å²) in [6.45, 7) is 16.2. The molecule has 6 nitrogen and oxygen atoms in total. The first-order chi connectivity index (χ1) is 16.2. The summed E-state index contributed by atoms with van der Waals surface area (Å²) in [6.07, 6.45) is 9.12. The maximum absolute atomic E-state index is 12.4. The number of carbonyl (C=O) groups excluding carboxylic acids is 2. The number of rotatable bonds is 9. The van der Waals surface area contributed by atoms with Gasteiger partial charge in [-0.25, -0.2) is 9.59 Å². The van der Waals surface area contributed by atoms with E-state index in [1.807, 2.05) is 48.5 Å². The lowest BCUT2D eigenvalue weighted by Crippen LogP contribution is -2.35. The first kappa shape index (κ1) is 32.0. The molecule has 0 fully saturated rings. The normalized spacial score (nSPS) is 13.7. The number of carbonyl (C=O) groups is 2. The van der Waals surface area contributed by atoms with Crippen LogP contribution in [0, 0.1) is 0 Å². The average Bonchev–Trinajstić information content (AvgIpc) is 3.24. The van der Waals surface area contributed by atoms with Gasteiger partial charge in [-0.15, -0.1) is 11.3 Å². The maximum atomic E-state index is 12.4. The van der Waals surface area contributed by atoms with Crippen LogP contribution in [0.3, 0.4) is 0 Å². The van der Waals surface area contributed by atoms with Gasteiger partial charge in [-0.05, 0) is 70.9 Å². The summed E-state index contributed by atoms with van der Waals surface area (Å²) < 4.78 is 10.3. The van der Waals surface area contributed by atoms with E-state index in [9.17, 15) is 9.59 Å². The minimum Gasteiger partial charge on any atom is -0.465 e. The highest BCUT2D eigenvalue weighted by Crippen LogP contribution is 2.37. The molecule has 0 aromatic carbocycles. The van der Waals surface area contributed by atoms with Gasteiger partial charge in [0.15, 0.2) is 0 Å². The first-order valence-corrected chi connectivity index (χ1v) is 13.7. The van der Waals surface area contributed by atoms with E-state index in [-0.39, 0.29) is 12.0 Å². The molecule has 0 saturated heterocycles. The Balaban J connectivity index is 0.00000258. The quantitative estimate of drug-likeness (QED) is 0.338. The van der Waals surface area contributed by atoms with E-state index in [1.54, 1.807) is 0 Å². The molecule has 1 unspecified atom stereocenters. The summed E-state index contributed by atoms with van der Waals surface area (Å²) in [5.41, 5.74) is 1.63. The van der Waals surface area contributed by atoms with Crippen LogP contribution in [0.5, 0.6) is 0 Å². The van der Waals surface area contributed by atoms with Crippen molar-refractivity contribution in [3.05, 3.63) is 21.9 Å². The summed E-state index contributed by atoms with van der Waals surface area (Å²) in [7, 11) is 1.42. The fraction of sp³-hybridized carbons (Fsp3) is 0.704. The smallest absolute Gasteiger partial charge is 0.407 e. The number of anilines is 1. The van der Waals surface area contributed by atoms with Gasteiger partial charge < -0.3 is 20.1 Å². The zero-order valence-electron chi connectivity index (χ0n) is 22.9. The third-order valence-electron chi connectivity index (χ3n) is 4.87. The van der Waals surface area contributed by atoms with E-state index in [0.29, 0.717) is 11.4 Å². The van der Waals surface area contributed by atoms with Crippen LogP contribution in [0.2, 0.25) is 0 Å². The van der Waals surface area contributed by atoms with Crippen molar-refractivity contribution in [2.24, 2.45) is 0 Å². The van der Waals surface area contributed by atoms with Crippen LogP contribution in [0.15, 0.2) is 12.1 Å². The van der Waals surface area contributed by atoms with Crippen LogP contribution in [-0.2, 0) is 9.47 Å². The average molecular weight is 497 g/mol. The van der Waals surface area contributed by atoms with Crippen molar-refractivity contribution in [2.75, 3.05) is 19.0 Å². The van der Waals surface area contributed by atoms with Crippen molar-refractivity contribution < 1.29 is 19.1 Å². The van der Waals surface area contributed by atoms with E-state index in [1.165, 1.54) is 36.9 Å². The van der Waals surface area contributed by atoms with Gasteiger partial charge in [-0.3, -0.25) is 0 Å². The Kier molecular flexibility index (Phi) is 16.4. The molecule has 0 radical (unpaired) electrons. The number of hydrogen-bond donors (Lipinski definition) is 2. The number of esters is 1. The fourth-order valence-electron chi connectivity index (χ4n) is 3.48. The molecule has 1 aliphatic rings. The van der Waals surface area contributed by atoms with E-state index < -0.39 is 11.7 Å². The molecule has 0 spiro atoms. The van der Waals surface area contributed by atoms with Crippen LogP contribution >= 0.6 is 11.3 Å². The molecule has 1 aromatic heterocycles. The second kappa shape index (κ2) is 17.4. The highest BCUT2D eigenvalue weighted by molar-refractivity contribution is 7.15. The van der Waals surface area contributed by atoms with Crippen molar-refractivity contribution in [3.8, 4) is 0 Å². The molecular weight excluding hydrogens is 448 g/mol. The van der Waals surface area contributed by atoms with Crippen LogP contribution in [0.4, 0.5) is 10.5 Å². The molecule has 2 rings (SSSR count). The highest BCUT2D eigenvalue weighted by Gasteiger charge is 2.22. The Morgan fingerprint density at radius 1 is 1.12 bits per heavy atom. The Morgan fingerprint density at radius 2 is 1.79 bits per heavy atom. The molecular formula is C27H48N2O4S. The monoisotopic (exact) mass is 496 g/mol. The molecule has 1 amide bonds. The molecule has 0 bridgehead atoms. The third-order valence-corrected chi connectivity index (χ3v) is 6.06. The Labute approximate surface area is 211 Å². The lowest BCUT2D eigenvalue weighted by molar-refractivity contribution is 0.0525. The van der Waals surface area contributed by atoms with Crippen molar-refractivity contribution in [2.45, 2.75) is 112 Å². The Bertz CT molecular complexity index is 750. The number of alkyl carbamates (subject to hydrolysis) is 1. The van der Waals surface area contributed by atoms with Crippen molar-refractivity contribution in [1.29, 1.82) is 0 Å². The van der Waals surface area contributed by atoms with Gasteiger partial charge in [0.1, 0.15) is 10.5 Å². The van der Waals surface area contributed by atoms with Crippen molar-refractivity contribution in [1.82, 2.24) is 5.32 Å². The standard InChI is InChI=1S/C23H36N2O4S.2C2H6/c1-6-10-17(13-14-24-22(27)29-23(2,3)4)25-18-15-19(16-11-8-7-9-12-16)30-20(18)21(26)28-5;2*1-2/h11,15,17,25H,6-10,12-14H2,1-5H3,(H,24,27);2*1-2H3. The number of allylic oxidation sites excluding steroid dienone is 2. The van der Waals surface area contributed by atoms with Gasteiger partial charge in [-0.2, -0.15) is 0 Å². The Morgan fingerprint density at radius 3 is 2.32 bits per heavy atom. The molecule has 0 saturated carbocycles. The predicted octanol–water partition coefficient (Wildman–Crippen LogP) is 8.04. The minimum atomic E-state index is -0.512. The van der Waals surface area contributed by atoms with Crippen LogP contribution in [0.25, 0.3) is 5.57 Å². The summed E-state index contributed by atoms with van der Waals surface area (Å²) in [5, 5.41) is 6.36. The largest absolute Gasteiger partial charge is 0.465 e. The van der Waals surface area contributed by atoms with Gasteiger partial charge in [0, 0.05) is 17.5 Å². The van der Waals surface area contributed by atoms with Crippen LogP contribution in [-0.4, -0.2) is 37.4 Å². The highest BCUT2D eigenvalue weighted by atomic mass is 32.1. The van der Waals surface area contributed by atoms with E-state index in [0.717, 1.165) is 42.7 Å². The van der Waals surface area contributed by atoms with E-state index >= 15 is 0 Å². The number of nitrogens with one attached hydrogen (secondary N) is 2. The van der Waals surface area contributed by atoms with Gasteiger partial charge in [0.2, 0.25) is 0 Å². The first-order valence-electron chi connectivity index (χ1n) is 12.9. The van der Waals surface area contributed by atoms with E-state index in [2.05, 4.69) is 29.7 Å². The second-order valence-electron chi connectivity index (χ2n) is 8.67. The van der Waals surface area contributed by atoms with Crippen molar-refractivity contribution in [3.63, 3.8) is 0 Å². The molecule has 34 heavy (non-hydrogen) atoms. The van der Waals surface area contributed by atoms with Crippen molar-refractivity contribution >= 4 is 34.7 Å². The zero-order valence-corrected chi connectivity index (χ0v) is 23.7. The topological polar surface area (TPSA) is 76.7 Å². The summed E-state index contributed by atoms with van der Waals surface area (Å²) in [4.78, 5) is 26.0. The lowest BCUT2D eigenvalue weighted by atomic mass is 9.98. The number of thiophene rings is 1. The van der Waals surface area contributed by atoms with Gasteiger partial charge in [0.05, 0.1) is 12.8 Å². The number of methoxy groups -OCH3 is 1. The minimum absolute atomic E-state index is 0.135. The molecule has 196 valence electrons. The molecule has 1 aliphatic carbocycles. The number of ether oxygens (including phenoxy) is 2. The van der Waals surface area contributed by atoms with Gasteiger partial charge in [-0.1, -0.05) is 47.1 Å². The fourth-order valence-corrected chi connectivity index (χ4v) is 4.59. The molecule has 2 N–H and O–H groups in total. The predicted molar refractivity (Wildman–Crippen MR) is 146 cm³/mol. The molecule has 0 aliphatic heterocycles. The molecule has 1 atom stereocenters. The number of hydrogen-bond acceptors (Lipinski definition) is 6. The summed E-state index contributed by atoms with van der Waals surface area (Å²) in [5.74, 6) is -0.313. The maximum Gasteiger partial charge on any atom is 0.407 e. The van der Waals surface area contributed by atoms with Crippen LogP contribution in [0.1, 0.15) is 115 Å².